The average molecular weight is 378 g/mol. The van der Waals surface area contributed by atoms with Gasteiger partial charge in [0.15, 0.2) is 0 Å². The molecule has 0 spiro atoms. The van der Waals surface area contributed by atoms with E-state index in [1.54, 1.807) is 37.4 Å². The third-order valence-electron chi connectivity index (χ3n) is 3.90. The first-order chi connectivity index (χ1) is 13.6. The number of hydrogen-bond acceptors (Lipinski definition) is 6. The van der Waals surface area contributed by atoms with E-state index in [4.69, 9.17) is 4.74 Å². The molecular weight excluding hydrogens is 360 g/mol. The first-order valence-electron chi connectivity index (χ1n) is 8.32. The van der Waals surface area contributed by atoms with E-state index in [-0.39, 0.29) is 5.69 Å². The summed E-state index contributed by atoms with van der Waals surface area (Å²) >= 11 is 0. The topological polar surface area (TPSA) is 106 Å². The lowest BCUT2D eigenvalue weighted by Gasteiger charge is -2.01. The van der Waals surface area contributed by atoms with Crippen LogP contribution in [0.2, 0.25) is 0 Å². The Bertz CT molecular complexity index is 1010. The Labute approximate surface area is 161 Å². The van der Waals surface area contributed by atoms with Gasteiger partial charge in [-0.1, -0.05) is 24.3 Å². The molecule has 0 aliphatic carbocycles. The van der Waals surface area contributed by atoms with Gasteiger partial charge in [0, 0.05) is 5.56 Å². The Balaban J connectivity index is 1.63. The Morgan fingerprint density at radius 2 is 1.89 bits per heavy atom. The molecule has 0 aliphatic heterocycles. The summed E-state index contributed by atoms with van der Waals surface area (Å²) < 4.78 is 9.83. The van der Waals surface area contributed by atoms with Crippen LogP contribution in [-0.4, -0.2) is 42.5 Å². The Morgan fingerprint density at radius 3 is 2.61 bits per heavy atom. The van der Waals surface area contributed by atoms with Crippen LogP contribution in [0, 0.1) is 0 Å². The van der Waals surface area contributed by atoms with Crippen molar-refractivity contribution in [2.24, 2.45) is 5.10 Å². The number of nitrogens with zero attached hydrogens (tertiary/aromatic N) is 2. The quantitative estimate of drug-likeness (QED) is 0.390. The number of amides is 1. The zero-order valence-electron chi connectivity index (χ0n) is 15.3. The predicted octanol–water partition coefficient (Wildman–Crippen LogP) is 2.64. The van der Waals surface area contributed by atoms with Crippen molar-refractivity contribution in [2.45, 2.75) is 0 Å². The van der Waals surface area contributed by atoms with E-state index in [9.17, 15) is 9.59 Å². The van der Waals surface area contributed by atoms with Gasteiger partial charge in [-0.15, -0.1) is 0 Å². The maximum atomic E-state index is 12.2. The summed E-state index contributed by atoms with van der Waals surface area (Å²) in [7, 11) is 2.91. The molecule has 3 aromatic rings. The number of hydrogen-bond donors (Lipinski definition) is 2. The standard InChI is InChI=1S/C20H18N4O4/c1-27-16-5-3-4-15(10-16)17-11-18(23-22-17)19(25)24-21-12-13-6-8-14(9-7-13)20(26)28-2/h3-12H,1-2H3,(H,22,23)(H,24,25). The molecule has 0 unspecified atom stereocenters. The van der Waals surface area contributed by atoms with Crippen molar-refractivity contribution in [3.05, 3.63) is 71.4 Å². The SMILES string of the molecule is COC(=O)c1ccc(C=NNC(=O)c2cc(-c3cccc(OC)c3)n[nH]2)cc1. The second-order valence-corrected chi connectivity index (χ2v) is 5.71. The number of aromatic nitrogens is 2. The van der Waals surface area contributed by atoms with Crippen molar-refractivity contribution in [3.63, 3.8) is 0 Å². The molecule has 28 heavy (non-hydrogen) atoms. The van der Waals surface area contributed by atoms with Crippen molar-refractivity contribution in [3.8, 4) is 17.0 Å². The third kappa shape index (κ3) is 4.42. The van der Waals surface area contributed by atoms with Crippen LogP contribution in [0.1, 0.15) is 26.4 Å². The van der Waals surface area contributed by atoms with Crippen molar-refractivity contribution in [1.82, 2.24) is 15.6 Å². The Hall–Kier alpha value is -3.94. The number of H-pyrrole nitrogens is 1. The zero-order valence-corrected chi connectivity index (χ0v) is 15.3. The van der Waals surface area contributed by atoms with E-state index in [0.29, 0.717) is 17.0 Å². The summed E-state index contributed by atoms with van der Waals surface area (Å²) in [4.78, 5) is 23.6. The average Bonchev–Trinajstić information content (AvgIpc) is 3.24. The van der Waals surface area contributed by atoms with E-state index in [1.807, 2.05) is 24.3 Å². The summed E-state index contributed by atoms with van der Waals surface area (Å²) in [6.07, 6.45) is 1.47. The highest BCUT2D eigenvalue weighted by atomic mass is 16.5. The summed E-state index contributed by atoms with van der Waals surface area (Å²) in [6, 6.07) is 15.6. The number of methoxy groups -OCH3 is 2. The first-order valence-corrected chi connectivity index (χ1v) is 8.32. The van der Waals surface area contributed by atoms with Gasteiger partial charge in [-0.05, 0) is 35.9 Å². The highest BCUT2D eigenvalue weighted by Gasteiger charge is 2.11. The molecule has 0 saturated carbocycles. The van der Waals surface area contributed by atoms with Crippen molar-refractivity contribution in [2.75, 3.05) is 14.2 Å². The zero-order chi connectivity index (χ0) is 19.9. The van der Waals surface area contributed by atoms with Crippen LogP contribution in [0.15, 0.2) is 59.7 Å². The molecule has 0 bridgehead atoms. The lowest BCUT2D eigenvalue weighted by atomic mass is 10.1. The van der Waals surface area contributed by atoms with Crippen LogP contribution in [0.5, 0.6) is 5.75 Å². The van der Waals surface area contributed by atoms with Gasteiger partial charge in [-0.3, -0.25) is 9.89 Å². The van der Waals surface area contributed by atoms with Crippen LogP contribution in [-0.2, 0) is 4.74 Å². The Kier molecular flexibility index (Phi) is 5.81. The molecule has 0 saturated heterocycles. The van der Waals surface area contributed by atoms with Crippen LogP contribution in [0.4, 0.5) is 0 Å². The maximum absolute atomic E-state index is 12.2. The minimum atomic E-state index is -0.427. The number of hydrazone groups is 1. The van der Waals surface area contributed by atoms with Crippen LogP contribution in [0.3, 0.4) is 0 Å². The molecule has 1 aromatic heterocycles. The first kappa shape index (κ1) is 18.8. The fourth-order valence-electron chi connectivity index (χ4n) is 2.42. The molecule has 2 aromatic carbocycles. The minimum absolute atomic E-state index is 0.274. The molecule has 8 nitrogen and oxygen atoms in total. The van der Waals surface area contributed by atoms with E-state index >= 15 is 0 Å². The number of nitrogens with one attached hydrogen (secondary N) is 2. The van der Waals surface area contributed by atoms with Gasteiger partial charge in [-0.25, -0.2) is 10.2 Å². The molecule has 1 amide bonds. The van der Waals surface area contributed by atoms with E-state index in [2.05, 4.69) is 25.5 Å². The van der Waals surface area contributed by atoms with Gasteiger partial charge in [0.1, 0.15) is 11.4 Å². The van der Waals surface area contributed by atoms with Crippen molar-refractivity contribution in [1.29, 1.82) is 0 Å². The molecule has 0 fully saturated rings. The second kappa shape index (κ2) is 8.63. The fraction of sp³-hybridized carbons (Fsp3) is 0.100. The smallest absolute Gasteiger partial charge is 0.337 e. The number of rotatable bonds is 6. The summed E-state index contributed by atoms with van der Waals surface area (Å²) in [6.45, 7) is 0. The predicted molar refractivity (Wildman–Crippen MR) is 103 cm³/mol. The molecule has 1 heterocycles. The van der Waals surface area contributed by atoms with Crippen LogP contribution < -0.4 is 10.2 Å². The third-order valence-corrected chi connectivity index (χ3v) is 3.90. The minimum Gasteiger partial charge on any atom is -0.497 e. The molecule has 0 radical (unpaired) electrons. The van der Waals surface area contributed by atoms with Crippen molar-refractivity contribution >= 4 is 18.1 Å². The molecular formula is C20H18N4O4. The molecule has 2 N–H and O–H groups in total. The molecule has 3 rings (SSSR count). The highest BCUT2D eigenvalue weighted by molar-refractivity contribution is 5.94. The van der Waals surface area contributed by atoms with E-state index < -0.39 is 11.9 Å². The number of carbonyl (C=O) groups excluding carboxylic acids is 2. The van der Waals surface area contributed by atoms with Crippen LogP contribution in [0.25, 0.3) is 11.3 Å². The maximum Gasteiger partial charge on any atom is 0.337 e. The largest absolute Gasteiger partial charge is 0.497 e. The number of ether oxygens (including phenoxy) is 2. The van der Waals surface area contributed by atoms with Gasteiger partial charge < -0.3 is 9.47 Å². The van der Waals surface area contributed by atoms with Crippen molar-refractivity contribution < 1.29 is 19.1 Å². The number of esters is 1. The van der Waals surface area contributed by atoms with Gasteiger partial charge >= 0.3 is 5.97 Å². The molecule has 142 valence electrons. The van der Waals surface area contributed by atoms with Gasteiger partial charge in [-0.2, -0.15) is 10.2 Å². The highest BCUT2D eigenvalue weighted by Crippen LogP contribution is 2.22. The van der Waals surface area contributed by atoms with E-state index in [0.717, 1.165) is 11.1 Å². The number of benzene rings is 2. The van der Waals surface area contributed by atoms with Gasteiger partial charge in [0.05, 0.1) is 31.7 Å². The Morgan fingerprint density at radius 1 is 1.11 bits per heavy atom. The molecule has 8 heteroatoms. The monoisotopic (exact) mass is 378 g/mol. The number of carbonyl (C=O) groups is 2. The van der Waals surface area contributed by atoms with E-state index in [1.165, 1.54) is 13.3 Å². The summed E-state index contributed by atoms with van der Waals surface area (Å²) in [5.41, 5.74) is 5.29. The second-order valence-electron chi connectivity index (χ2n) is 5.71. The lowest BCUT2D eigenvalue weighted by Crippen LogP contribution is -2.18. The van der Waals surface area contributed by atoms with Gasteiger partial charge in [0.2, 0.25) is 0 Å². The van der Waals surface area contributed by atoms with Gasteiger partial charge in [0.25, 0.3) is 5.91 Å². The lowest BCUT2D eigenvalue weighted by molar-refractivity contribution is 0.0600. The normalized spacial score (nSPS) is 10.6. The molecule has 0 aliphatic rings. The summed E-state index contributed by atoms with van der Waals surface area (Å²) in [5, 5.41) is 10.7. The fourth-order valence-corrected chi connectivity index (χ4v) is 2.42. The summed E-state index contributed by atoms with van der Waals surface area (Å²) in [5.74, 6) is -0.138. The molecule has 0 atom stereocenters. The van der Waals surface area contributed by atoms with Crippen LogP contribution >= 0.6 is 0 Å². The number of aromatic amines is 1.